The molecule has 0 N–H and O–H groups in total. The van der Waals surface area contributed by atoms with E-state index >= 15 is 0 Å². The second kappa shape index (κ2) is 12.3. The lowest BCUT2D eigenvalue weighted by molar-refractivity contribution is -0.179. The van der Waals surface area contributed by atoms with Crippen molar-refractivity contribution >= 4 is 28.9 Å². The summed E-state index contributed by atoms with van der Waals surface area (Å²) in [4.78, 5) is 30.0. The zero-order valence-corrected chi connectivity index (χ0v) is 21.6. The predicted molar refractivity (Wildman–Crippen MR) is 132 cm³/mol. The van der Waals surface area contributed by atoms with Crippen molar-refractivity contribution < 1.29 is 23.8 Å². The van der Waals surface area contributed by atoms with Gasteiger partial charge in [-0.3, -0.25) is 4.79 Å². The molecule has 0 unspecified atom stereocenters. The van der Waals surface area contributed by atoms with E-state index in [-0.39, 0.29) is 23.8 Å². The van der Waals surface area contributed by atoms with Gasteiger partial charge in [0.05, 0.1) is 26.0 Å². The summed E-state index contributed by atoms with van der Waals surface area (Å²) in [7, 11) is 1.40. The number of amides is 1. The van der Waals surface area contributed by atoms with Crippen molar-refractivity contribution in [2.24, 2.45) is 5.92 Å². The van der Waals surface area contributed by atoms with Gasteiger partial charge in [-0.15, -0.1) is 11.3 Å². The van der Waals surface area contributed by atoms with Crippen LogP contribution in [0.5, 0.6) is 0 Å². The minimum atomic E-state index is -0.471. The summed E-state index contributed by atoms with van der Waals surface area (Å²) in [5.74, 6) is -0.625. The Morgan fingerprint density at radius 1 is 1.00 bits per heavy atom. The van der Waals surface area contributed by atoms with Crippen LogP contribution in [0.25, 0.3) is 0 Å². The number of esters is 1. The lowest BCUT2D eigenvalue weighted by Gasteiger charge is -2.41. The number of ether oxygens (including phenoxy) is 3. The molecule has 7 heteroatoms. The van der Waals surface area contributed by atoms with Crippen LogP contribution in [0.4, 0.5) is 5.69 Å². The lowest BCUT2D eigenvalue weighted by atomic mass is 9.86. The maximum Gasteiger partial charge on any atom is 0.350 e. The molecule has 186 valence electrons. The summed E-state index contributed by atoms with van der Waals surface area (Å²) < 4.78 is 16.9. The van der Waals surface area contributed by atoms with Gasteiger partial charge in [-0.2, -0.15) is 0 Å². The van der Waals surface area contributed by atoms with Gasteiger partial charge in [0.15, 0.2) is 5.79 Å². The standard InChI is InChI=1S/C24H35NO5S.C2H6/c1-17-16-20(21(31-17)23(27)28-2)25(22(26)18-8-6-4-3-5-7-9-18)19-10-12-24(13-11-19)29-14-15-30-24;1-2/h16,18-19H,3-15H2,1-2H3;1-2H3. The molecule has 1 spiro atoms. The summed E-state index contributed by atoms with van der Waals surface area (Å²) >= 11 is 1.41. The van der Waals surface area contributed by atoms with E-state index in [0.29, 0.717) is 18.1 Å². The quantitative estimate of drug-likeness (QED) is 0.478. The van der Waals surface area contributed by atoms with Crippen LogP contribution >= 0.6 is 11.3 Å². The molecule has 1 amide bonds. The highest BCUT2D eigenvalue weighted by Crippen LogP contribution is 2.42. The van der Waals surface area contributed by atoms with Crippen molar-refractivity contribution in [3.63, 3.8) is 0 Å². The van der Waals surface area contributed by atoms with Crippen LogP contribution < -0.4 is 4.90 Å². The number of nitrogens with zero attached hydrogens (tertiary/aromatic N) is 1. The van der Waals surface area contributed by atoms with Crippen LogP contribution in [0.15, 0.2) is 6.07 Å². The maximum atomic E-state index is 14.0. The van der Waals surface area contributed by atoms with E-state index in [1.165, 1.54) is 37.7 Å². The van der Waals surface area contributed by atoms with Crippen molar-refractivity contribution in [3.05, 3.63) is 15.8 Å². The molecule has 0 radical (unpaired) electrons. The fourth-order valence-electron chi connectivity index (χ4n) is 5.40. The first-order chi connectivity index (χ1) is 16.0. The first-order valence-corrected chi connectivity index (χ1v) is 13.6. The van der Waals surface area contributed by atoms with E-state index < -0.39 is 5.79 Å². The number of carbonyl (C=O) groups is 2. The Morgan fingerprint density at radius 3 is 2.15 bits per heavy atom. The highest BCUT2D eigenvalue weighted by atomic mass is 32.1. The first kappa shape index (κ1) is 26.2. The third kappa shape index (κ3) is 6.17. The molecular weight excluding hydrogens is 438 g/mol. The second-order valence-corrected chi connectivity index (χ2v) is 10.4. The normalized spacial score (nSPS) is 21.6. The second-order valence-electron chi connectivity index (χ2n) is 9.15. The summed E-state index contributed by atoms with van der Waals surface area (Å²) in [5, 5.41) is 0. The highest BCUT2D eigenvalue weighted by molar-refractivity contribution is 7.14. The number of hydrogen-bond donors (Lipinski definition) is 0. The molecule has 1 aromatic heterocycles. The van der Waals surface area contributed by atoms with Gasteiger partial charge in [0.2, 0.25) is 5.91 Å². The molecule has 3 aliphatic rings. The molecule has 6 nitrogen and oxygen atoms in total. The van der Waals surface area contributed by atoms with Crippen LogP contribution in [0.3, 0.4) is 0 Å². The van der Waals surface area contributed by atoms with E-state index in [1.807, 2.05) is 31.7 Å². The molecule has 4 rings (SSSR count). The van der Waals surface area contributed by atoms with Crippen molar-refractivity contribution in [3.8, 4) is 0 Å². The van der Waals surface area contributed by atoms with E-state index in [0.717, 1.165) is 61.9 Å². The lowest BCUT2D eigenvalue weighted by Crippen LogP contribution is -2.49. The predicted octanol–water partition coefficient (Wildman–Crippen LogP) is 6.25. The number of thiophene rings is 1. The summed E-state index contributed by atoms with van der Waals surface area (Å²) in [6.07, 6.45) is 11.0. The SMILES string of the molecule is CC.COC(=O)c1sc(C)cc1N(C(=O)C1CCCCCCC1)C1CCC2(CC1)OCCO2. The van der Waals surface area contributed by atoms with Crippen LogP contribution in [0, 0.1) is 12.8 Å². The van der Waals surface area contributed by atoms with E-state index in [9.17, 15) is 9.59 Å². The largest absolute Gasteiger partial charge is 0.465 e. The highest BCUT2D eigenvalue weighted by Gasteiger charge is 2.44. The minimum absolute atomic E-state index is 0.0286. The number of aryl methyl sites for hydroxylation is 1. The van der Waals surface area contributed by atoms with Crippen LogP contribution in [0.1, 0.15) is 99.0 Å². The van der Waals surface area contributed by atoms with Gasteiger partial charge >= 0.3 is 5.97 Å². The van der Waals surface area contributed by atoms with Gasteiger partial charge in [-0.25, -0.2) is 4.79 Å². The average molecular weight is 480 g/mol. The molecular formula is C26H41NO5S. The number of carbonyl (C=O) groups excluding carboxylic acids is 2. The van der Waals surface area contributed by atoms with Crippen LogP contribution in [-0.4, -0.2) is 44.0 Å². The molecule has 1 saturated heterocycles. The van der Waals surface area contributed by atoms with Crippen molar-refractivity contribution in [1.29, 1.82) is 0 Å². The third-order valence-electron chi connectivity index (χ3n) is 7.05. The first-order valence-electron chi connectivity index (χ1n) is 12.8. The Labute approximate surface area is 203 Å². The van der Waals surface area contributed by atoms with E-state index in [2.05, 4.69) is 0 Å². The number of rotatable bonds is 4. The van der Waals surface area contributed by atoms with Gasteiger partial charge in [-0.1, -0.05) is 46.0 Å². The maximum absolute atomic E-state index is 14.0. The Morgan fingerprint density at radius 2 is 1.58 bits per heavy atom. The number of methoxy groups -OCH3 is 1. The van der Waals surface area contributed by atoms with E-state index in [1.54, 1.807) is 0 Å². The average Bonchev–Trinajstić information content (AvgIpc) is 3.42. The van der Waals surface area contributed by atoms with Crippen molar-refractivity contribution in [2.75, 3.05) is 25.2 Å². The minimum Gasteiger partial charge on any atom is -0.465 e. The molecule has 0 bridgehead atoms. The fraction of sp³-hybridized carbons (Fsp3) is 0.769. The zero-order chi connectivity index (χ0) is 23.8. The summed E-state index contributed by atoms with van der Waals surface area (Å²) in [6.45, 7) is 7.27. The smallest absolute Gasteiger partial charge is 0.350 e. The summed E-state index contributed by atoms with van der Waals surface area (Å²) in [6, 6.07) is 2.04. The van der Waals surface area contributed by atoms with Crippen LogP contribution in [0.2, 0.25) is 0 Å². The van der Waals surface area contributed by atoms with Gasteiger partial charge in [0.1, 0.15) is 4.88 Å². The van der Waals surface area contributed by atoms with E-state index in [4.69, 9.17) is 14.2 Å². The Hall–Kier alpha value is -1.44. The molecule has 2 aliphatic carbocycles. The van der Waals surface area contributed by atoms with Gasteiger partial charge < -0.3 is 19.1 Å². The molecule has 2 heterocycles. The number of hydrogen-bond acceptors (Lipinski definition) is 6. The molecule has 0 atom stereocenters. The van der Waals surface area contributed by atoms with Crippen molar-refractivity contribution in [1.82, 2.24) is 0 Å². The number of anilines is 1. The van der Waals surface area contributed by atoms with Crippen molar-refractivity contribution in [2.45, 2.75) is 103 Å². The molecule has 0 aromatic carbocycles. The molecule has 2 saturated carbocycles. The van der Waals surface area contributed by atoms with Gasteiger partial charge in [0.25, 0.3) is 0 Å². The Kier molecular flexibility index (Phi) is 9.77. The molecule has 33 heavy (non-hydrogen) atoms. The van der Waals surface area contributed by atoms with Gasteiger partial charge in [-0.05, 0) is 38.7 Å². The fourth-order valence-corrected chi connectivity index (χ4v) is 6.32. The Balaban J connectivity index is 0.00000149. The zero-order valence-electron chi connectivity index (χ0n) is 20.8. The van der Waals surface area contributed by atoms with Gasteiger partial charge in [0, 0.05) is 29.7 Å². The Bertz CT molecular complexity index is 768. The third-order valence-corrected chi connectivity index (χ3v) is 8.07. The monoisotopic (exact) mass is 479 g/mol. The molecule has 3 fully saturated rings. The topological polar surface area (TPSA) is 65.1 Å². The van der Waals surface area contributed by atoms with Crippen LogP contribution in [-0.2, 0) is 19.0 Å². The molecule has 1 aromatic rings. The summed E-state index contributed by atoms with van der Waals surface area (Å²) in [5.41, 5.74) is 0.732. The molecule has 1 aliphatic heterocycles.